The summed E-state index contributed by atoms with van der Waals surface area (Å²) >= 11 is 1.40. The van der Waals surface area contributed by atoms with Crippen LogP contribution in [0.4, 0.5) is 0 Å². The minimum absolute atomic E-state index is 0.0212. The lowest BCUT2D eigenvalue weighted by atomic mass is 10.2. The van der Waals surface area contributed by atoms with Gasteiger partial charge in [0, 0.05) is 19.2 Å². The second-order valence-corrected chi connectivity index (χ2v) is 7.44. The number of aromatic nitrogens is 3. The van der Waals surface area contributed by atoms with E-state index in [-0.39, 0.29) is 11.7 Å². The zero-order valence-corrected chi connectivity index (χ0v) is 17.4. The number of methoxy groups -OCH3 is 1. The Bertz CT molecular complexity index is 971. The Labute approximate surface area is 169 Å². The quantitative estimate of drug-likeness (QED) is 0.571. The van der Waals surface area contributed by atoms with Crippen LogP contribution in [0.25, 0.3) is 5.69 Å². The second-order valence-electron chi connectivity index (χ2n) is 6.50. The van der Waals surface area contributed by atoms with E-state index in [9.17, 15) is 4.79 Å². The molecule has 0 bridgehead atoms. The summed E-state index contributed by atoms with van der Waals surface area (Å²) in [5.74, 6) is 1.89. The van der Waals surface area contributed by atoms with Crippen LogP contribution in [0.1, 0.15) is 17.0 Å². The number of nitrogens with zero attached hydrogens (tertiary/aromatic N) is 4. The highest BCUT2D eigenvalue weighted by atomic mass is 32.2. The van der Waals surface area contributed by atoms with Gasteiger partial charge in [-0.2, -0.15) is 0 Å². The lowest BCUT2D eigenvalue weighted by Gasteiger charge is -2.18. The fourth-order valence-electron chi connectivity index (χ4n) is 2.94. The molecule has 0 radical (unpaired) electrons. The van der Waals surface area contributed by atoms with Crippen molar-refractivity contribution in [2.24, 2.45) is 0 Å². The van der Waals surface area contributed by atoms with Gasteiger partial charge in [0.15, 0.2) is 5.16 Å². The standard InChI is InChI=1S/C21H24N4O2S/c1-15-9-5-7-11-18(15)25-16(2)22-23-21(25)28-14-20(26)24(3)13-17-10-6-8-12-19(17)27-4/h5-12H,13-14H2,1-4H3. The van der Waals surface area contributed by atoms with Gasteiger partial charge in [0.25, 0.3) is 0 Å². The van der Waals surface area contributed by atoms with Gasteiger partial charge in [-0.05, 0) is 31.5 Å². The molecule has 3 aromatic rings. The lowest BCUT2D eigenvalue weighted by molar-refractivity contribution is -0.127. The number of ether oxygens (including phenoxy) is 1. The first-order valence-corrected chi connectivity index (χ1v) is 9.96. The molecule has 1 aromatic heterocycles. The van der Waals surface area contributed by atoms with E-state index in [0.717, 1.165) is 28.4 Å². The average Bonchev–Trinajstić information content (AvgIpc) is 3.07. The third kappa shape index (κ3) is 4.36. The Morgan fingerprint density at radius 3 is 2.57 bits per heavy atom. The number of carbonyl (C=O) groups excluding carboxylic acids is 1. The van der Waals surface area contributed by atoms with Gasteiger partial charge in [0.05, 0.1) is 18.6 Å². The van der Waals surface area contributed by atoms with Crippen molar-refractivity contribution < 1.29 is 9.53 Å². The number of para-hydroxylation sites is 2. The van der Waals surface area contributed by atoms with Gasteiger partial charge in [0.2, 0.25) is 5.91 Å². The minimum atomic E-state index is 0.0212. The van der Waals surface area contributed by atoms with Crippen molar-refractivity contribution in [3.63, 3.8) is 0 Å². The molecule has 1 amide bonds. The number of hydrogen-bond acceptors (Lipinski definition) is 5. The number of carbonyl (C=O) groups is 1. The molecule has 2 aromatic carbocycles. The normalized spacial score (nSPS) is 10.7. The van der Waals surface area contributed by atoms with Gasteiger partial charge < -0.3 is 9.64 Å². The highest BCUT2D eigenvalue weighted by Crippen LogP contribution is 2.24. The van der Waals surface area contributed by atoms with E-state index in [4.69, 9.17) is 4.74 Å². The third-order valence-electron chi connectivity index (χ3n) is 4.50. The van der Waals surface area contributed by atoms with E-state index >= 15 is 0 Å². The molecule has 28 heavy (non-hydrogen) atoms. The molecule has 7 heteroatoms. The van der Waals surface area contributed by atoms with Gasteiger partial charge >= 0.3 is 0 Å². The molecule has 0 unspecified atom stereocenters. The molecule has 6 nitrogen and oxygen atoms in total. The summed E-state index contributed by atoms with van der Waals surface area (Å²) in [5.41, 5.74) is 3.14. The van der Waals surface area contributed by atoms with Crippen LogP contribution in [0.2, 0.25) is 0 Å². The first kappa shape index (κ1) is 19.9. The van der Waals surface area contributed by atoms with Crippen LogP contribution in [-0.2, 0) is 11.3 Å². The van der Waals surface area contributed by atoms with Crippen molar-refractivity contribution in [1.82, 2.24) is 19.7 Å². The third-order valence-corrected chi connectivity index (χ3v) is 5.42. The molecule has 0 aliphatic heterocycles. The van der Waals surface area contributed by atoms with Crippen LogP contribution in [0.3, 0.4) is 0 Å². The summed E-state index contributed by atoms with van der Waals surface area (Å²) in [6.07, 6.45) is 0. The van der Waals surface area contributed by atoms with Gasteiger partial charge in [-0.3, -0.25) is 9.36 Å². The molecular weight excluding hydrogens is 372 g/mol. The minimum Gasteiger partial charge on any atom is -0.496 e. The van der Waals surface area contributed by atoms with Crippen molar-refractivity contribution in [2.75, 3.05) is 19.9 Å². The van der Waals surface area contributed by atoms with Crippen molar-refractivity contribution in [3.8, 4) is 11.4 Å². The van der Waals surface area contributed by atoms with E-state index in [2.05, 4.69) is 23.2 Å². The summed E-state index contributed by atoms with van der Waals surface area (Å²) < 4.78 is 7.36. The monoisotopic (exact) mass is 396 g/mol. The van der Waals surface area contributed by atoms with Crippen molar-refractivity contribution in [2.45, 2.75) is 25.5 Å². The van der Waals surface area contributed by atoms with Crippen molar-refractivity contribution >= 4 is 17.7 Å². The summed E-state index contributed by atoms with van der Waals surface area (Å²) in [4.78, 5) is 14.3. The number of thioether (sulfide) groups is 1. The molecule has 0 N–H and O–H groups in total. The highest BCUT2D eigenvalue weighted by molar-refractivity contribution is 7.99. The Morgan fingerprint density at radius 2 is 1.82 bits per heavy atom. The molecule has 0 aliphatic carbocycles. The fourth-order valence-corrected chi connectivity index (χ4v) is 3.87. The van der Waals surface area contributed by atoms with Crippen molar-refractivity contribution in [1.29, 1.82) is 0 Å². The summed E-state index contributed by atoms with van der Waals surface area (Å²) in [6, 6.07) is 15.8. The van der Waals surface area contributed by atoms with E-state index in [1.807, 2.05) is 54.0 Å². The van der Waals surface area contributed by atoms with E-state index in [1.165, 1.54) is 11.8 Å². The van der Waals surface area contributed by atoms with Crippen LogP contribution in [-0.4, -0.2) is 45.5 Å². The molecule has 0 spiro atoms. The Balaban J connectivity index is 1.69. The summed E-state index contributed by atoms with van der Waals surface area (Å²) in [6.45, 7) is 4.46. The van der Waals surface area contributed by atoms with Gasteiger partial charge in [-0.15, -0.1) is 10.2 Å². The van der Waals surface area contributed by atoms with Crippen LogP contribution >= 0.6 is 11.8 Å². The maximum Gasteiger partial charge on any atom is 0.233 e. The number of rotatable bonds is 7. The highest BCUT2D eigenvalue weighted by Gasteiger charge is 2.17. The Hall–Kier alpha value is -2.80. The Morgan fingerprint density at radius 1 is 1.11 bits per heavy atom. The van der Waals surface area contributed by atoms with Gasteiger partial charge in [0.1, 0.15) is 11.6 Å². The average molecular weight is 397 g/mol. The first-order chi connectivity index (χ1) is 13.5. The second kappa shape index (κ2) is 8.93. The maximum absolute atomic E-state index is 12.6. The fraction of sp³-hybridized carbons (Fsp3) is 0.286. The van der Waals surface area contributed by atoms with E-state index in [1.54, 1.807) is 19.1 Å². The smallest absolute Gasteiger partial charge is 0.233 e. The predicted octanol–water partition coefficient (Wildman–Crippen LogP) is 3.64. The van der Waals surface area contributed by atoms with Gasteiger partial charge in [-0.25, -0.2) is 0 Å². The number of hydrogen-bond donors (Lipinski definition) is 0. The zero-order valence-electron chi connectivity index (χ0n) is 16.5. The van der Waals surface area contributed by atoms with Crippen LogP contribution in [0, 0.1) is 13.8 Å². The summed E-state index contributed by atoms with van der Waals surface area (Å²) in [5, 5.41) is 9.17. The molecule has 0 saturated carbocycles. The molecule has 3 rings (SSSR count). The predicted molar refractivity (Wildman–Crippen MR) is 111 cm³/mol. The molecule has 1 heterocycles. The first-order valence-electron chi connectivity index (χ1n) is 8.98. The number of amides is 1. The zero-order chi connectivity index (χ0) is 20.1. The molecule has 0 fully saturated rings. The van der Waals surface area contributed by atoms with Gasteiger partial charge in [-0.1, -0.05) is 48.2 Å². The lowest BCUT2D eigenvalue weighted by Crippen LogP contribution is -2.28. The van der Waals surface area contributed by atoms with E-state index < -0.39 is 0 Å². The molecule has 0 aliphatic rings. The SMILES string of the molecule is COc1ccccc1CN(C)C(=O)CSc1nnc(C)n1-c1ccccc1C. The largest absolute Gasteiger partial charge is 0.496 e. The summed E-state index contributed by atoms with van der Waals surface area (Å²) in [7, 11) is 3.43. The number of benzene rings is 2. The molecule has 0 atom stereocenters. The van der Waals surface area contributed by atoms with E-state index in [0.29, 0.717) is 11.7 Å². The number of aryl methyl sites for hydroxylation is 2. The molecular formula is C21H24N4O2S. The van der Waals surface area contributed by atoms with Crippen LogP contribution < -0.4 is 4.74 Å². The van der Waals surface area contributed by atoms with Crippen LogP contribution in [0.15, 0.2) is 53.7 Å². The molecule has 0 saturated heterocycles. The Kier molecular flexibility index (Phi) is 6.36. The molecule has 146 valence electrons. The van der Waals surface area contributed by atoms with Crippen molar-refractivity contribution in [3.05, 3.63) is 65.5 Å². The topological polar surface area (TPSA) is 60.2 Å². The van der Waals surface area contributed by atoms with Crippen LogP contribution in [0.5, 0.6) is 5.75 Å². The maximum atomic E-state index is 12.6.